The fourth-order valence-corrected chi connectivity index (χ4v) is 4.76. The predicted molar refractivity (Wildman–Crippen MR) is 95.9 cm³/mol. The van der Waals surface area contributed by atoms with Crippen LogP contribution in [-0.2, 0) is 20.6 Å². The predicted octanol–water partition coefficient (Wildman–Crippen LogP) is 2.53. The lowest BCUT2D eigenvalue weighted by Crippen LogP contribution is -2.47. The molecule has 0 bridgehead atoms. The van der Waals surface area contributed by atoms with Gasteiger partial charge in [-0.25, -0.2) is 12.7 Å². The molecule has 1 fully saturated rings. The number of rotatable bonds is 7. The van der Waals surface area contributed by atoms with E-state index in [0.29, 0.717) is 13.1 Å². The highest BCUT2D eigenvalue weighted by atomic mass is 32.2. The van der Waals surface area contributed by atoms with Crippen LogP contribution in [-0.4, -0.2) is 37.8 Å². The van der Waals surface area contributed by atoms with Crippen molar-refractivity contribution >= 4 is 15.9 Å². The van der Waals surface area contributed by atoms with Crippen molar-refractivity contribution in [3.63, 3.8) is 0 Å². The third-order valence-corrected chi connectivity index (χ3v) is 6.27. The Morgan fingerprint density at radius 2 is 2.04 bits per heavy atom. The van der Waals surface area contributed by atoms with E-state index in [1.54, 1.807) is 0 Å². The number of nitrogens with one attached hydrogen (secondary N) is 1. The largest absolute Gasteiger partial charge is 0.353 e. The average molecular weight is 353 g/mol. The molecule has 6 heteroatoms. The molecule has 0 spiro atoms. The number of carbonyl (C=O) groups excluding carboxylic acids is 1. The normalized spacial score (nSPS) is 20.5. The minimum absolute atomic E-state index is 0.00554. The summed E-state index contributed by atoms with van der Waals surface area (Å²) in [5, 5.41) is 3.01. The van der Waals surface area contributed by atoms with E-state index in [1.807, 2.05) is 37.3 Å². The van der Waals surface area contributed by atoms with Crippen molar-refractivity contribution < 1.29 is 13.2 Å². The van der Waals surface area contributed by atoms with E-state index in [-0.39, 0.29) is 23.6 Å². The first-order chi connectivity index (χ1) is 11.4. The summed E-state index contributed by atoms with van der Waals surface area (Å²) in [5.74, 6) is -0.270. The third kappa shape index (κ3) is 5.31. The summed E-state index contributed by atoms with van der Waals surface area (Å²) < 4.78 is 26.8. The van der Waals surface area contributed by atoms with Gasteiger partial charge in [-0.05, 0) is 31.7 Å². The summed E-state index contributed by atoms with van der Waals surface area (Å²) in [7, 11) is -3.39. The van der Waals surface area contributed by atoms with Crippen LogP contribution in [0.25, 0.3) is 0 Å². The van der Waals surface area contributed by atoms with Gasteiger partial charge in [-0.15, -0.1) is 0 Å². The zero-order chi connectivity index (χ0) is 17.6. The van der Waals surface area contributed by atoms with Crippen LogP contribution in [0.4, 0.5) is 0 Å². The minimum Gasteiger partial charge on any atom is -0.353 e. The molecule has 0 unspecified atom stereocenters. The molecule has 0 radical (unpaired) electrons. The van der Waals surface area contributed by atoms with Crippen molar-refractivity contribution in [1.29, 1.82) is 0 Å². The molecule has 0 aromatic heterocycles. The van der Waals surface area contributed by atoms with E-state index >= 15 is 0 Å². The second-order valence-electron chi connectivity index (χ2n) is 6.64. The Morgan fingerprint density at radius 3 is 2.71 bits per heavy atom. The number of carbonyl (C=O) groups is 1. The molecule has 134 valence electrons. The lowest BCUT2D eigenvalue weighted by Gasteiger charge is -2.32. The van der Waals surface area contributed by atoms with Gasteiger partial charge in [0, 0.05) is 19.1 Å². The van der Waals surface area contributed by atoms with Crippen LogP contribution in [0.1, 0.15) is 45.1 Å². The summed E-state index contributed by atoms with van der Waals surface area (Å²) in [4.78, 5) is 12.4. The number of sulfonamides is 1. The second kappa shape index (κ2) is 8.62. The molecular formula is C18H28N2O3S. The molecule has 24 heavy (non-hydrogen) atoms. The van der Waals surface area contributed by atoms with Crippen LogP contribution in [0, 0.1) is 5.92 Å². The van der Waals surface area contributed by atoms with Crippen molar-refractivity contribution in [2.45, 2.75) is 51.3 Å². The first kappa shape index (κ1) is 18.9. The Kier molecular flexibility index (Phi) is 6.80. The van der Waals surface area contributed by atoms with E-state index in [4.69, 9.17) is 0 Å². The third-order valence-electron chi connectivity index (χ3n) is 4.45. The van der Waals surface area contributed by atoms with Crippen molar-refractivity contribution in [1.82, 2.24) is 9.62 Å². The van der Waals surface area contributed by atoms with Crippen molar-refractivity contribution in [2.75, 3.05) is 13.1 Å². The Morgan fingerprint density at radius 1 is 1.33 bits per heavy atom. The number of piperidine rings is 1. The number of hydrogen-bond acceptors (Lipinski definition) is 3. The maximum Gasteiger partial charge on any atom is 0.224 e. The van der Waals surface area contributed by atoms with Gasteiger partial charge in [0.15, 0.2) is 0 Å². The highest BCUT2D eigenvalue weighted by molar-refractivity contribution is 7.88. The van der Waals surface area contributed by atoms with Gasteiger partial charge in [-0.3, -0.25) is 4.79 Å². The molecular weight excluding hydrogens is 324 g/mol. The Bertz CT molecular complexity index is 631. The topological polar surface area (TPSA) is 66.5 Å². The summed E-state index contributed by atoms with van der Waals surface area (Å²) in [6.07, 6.45) is 3.44. The molecule has 1 aromatic rings. The highest BCUT2D eigenvalue weighted by Gasteiger charge is 2.32. The van der Waals surface area contributed by atoms with Crippen LogP contribution >= 0.6 is 0 Å². The summed E-state index contributed by atoms with van der Waals surface area (Å²) in [5.41, 5.74) is 0.778. The van der Waals surface area contributed by atoms with Gasteiger partial charge in [0.2, 0.25) is 15.9 Å². The van der Waals surface area contributed by atoms with Gasteiger partial charge in [0.1, 0.15) is 0 Å². The van der Waals surface area contributed by atoms with E-state index in [2.05, 4.69) is 12.2 Å². The van der Waals surface area contributed by atoms with E-state index in [1.165, 1.54) is 4.31 Å². The lowest BCUT2D eigenvalue weighted by molar-refractivity contribution is -0.126. The van der Waals surface area contributed by atoms with Crippen LogP contribution in [0.5, 0.6) is 0 Å². The molecule has 1 N–H and O–H groups in total. The molecule has 1 aliphatic heterocycles. The van der Waals surface area contributed by atoms with Crippen molar-refractivity contribution in [3.05, 3.63) is 35.9 Å². The zero-order valence-electron chi connectivity index (χ0n) is 14.6. The maximum absolute atomic E-state index is 12.6. The molecule has 2 atom stereocenters. The molecule has 2 rings (SSSR count). The minimum atomic E-state index is -3.39. The summed E-state index contributed by atoms with van der Waals surface area (Å²) >= 11 is 0. The Labute approximate surface area is 145 Å². The molecule has 0 saturated carbocycles. The van der Waals surface area contributed by atoms with Gasteiger partial charge < -0.3 is 5.32 Å². The molecule has 1 aliphatic rings. The first-order valence-electron chi connectivity index (χ1n) is 8.74. The van der Waals surface area contributed by atoms with Gasteiger partial charge in [-0.1, -0.05) is 43.7 Å². The molecule has 1 heterocycles. The van der Waals surface area contributed by atoms with E-state index < -0.39 is 10.0 Å². The molecule has 0 aliphatic carbocycles. The number of nitrogens with zero attached hydrogens (tertiary/aromatic N) is 1. The van der Waals surface area contributed by atoms with Gasteiger partial charge >= 0.3 is 0 Å². The zero-order valence-corrected chi connectivity index (χ0v) is 15.4. The monoisotopic (exact) mass is 352 g/mol. The van der Waals surface area contributed by atoms with Crippen LogP contribution < -0.4 is 5.32 Å². The number of benzene rings is 1. The second-order valence-corrected chi connectivity index (χ2v) is 8.61. The summed E-state index contributed by atoms with van der Waals surface area (Å²) in [6, 6.07) is 9.32. The number of amides is 1. The number of hydrogen-bond donors (Lipinski definition) is 1. The van der Waals surface area contributed by atoms with Crippen molar-refractivity contribution in [2.24, 2.45) is 5.92 Å². The van der Waals surface area contributed by atoms with Crippen LogP contribution in [0.3, 0.4) is 0 Å². The van der Waals surface area contributed by atoms with E-state index in [0.717, 1.165) is 31.2 Å². The SMILES string of the molecule is CCC[C@@H](C)NC(=O)[C@@H]1CCCN(S(=O)(=O)Cc2ccccc2)C1. The Balaban J connectivity index is 1.98. The first-order valence-corrected chi connectivity index (χ1v) is 10.4. The van der Waals surface area contributed by atoms with Gasteiger partial charge in [0.05, 0.1) is 11.7 Å². The van der Waals surface area contributed by atoms with Gasteiger partial charge in [-0.2, -0.15) is 0 Å². The summed E-state index contributed by atoms with van der Waals surface area (Å²) in [6.45, 7) is 4.87. The fourth-order valence-electron chi connectivity index (χ4n) is 3.15. The van der Waals surface area contributed by atoms with Crippen LogP contribution in [0.15, 0.2) is 30.3 Å². The molecule has 1 saturated heterocycles. The van der Waals surface area contributed by atoms with E-state index in [9.17, 15) is 13.2 Å². The lowest BCUT2D eigenvalue weighted by atomic mass is 9.98. The molecule has 1 aromatic carbocycles. The van der Waals surface area contributed by atoms with Crippen molar-refractivity contribution in [3.8, 4) is 0 Å². The smallest absolute Gasteiger partial charge is 0.224 e. The quantitative estimate of drug-likeness (QED) is 0.820. The van der Waals surface area contributed by atoms with Gasteiger partial charge in [0.25, 0.3) is 0 Å². The fraction of sp³-hybridized carbons (Fsp3) is 0.611. The molecule has 5 nitrogen and oxygen atoms in total. The Hall–Kier alpha value is -1.40. The van der Waals surface area contributed by atoms with Crippen LogP contribution in [0.2, 0.25) is 0 Å². The standard InChI is InChI=1S/C18H28N2O3S/c1-3-8-15(2)19-18(21)17-11-7-12-20(13-17)24(22,23)14-16-9-5-4-6-10-16/h4-6,9-10,15,17H,3,7-8,11-14H2,1-2H3,(H,19,21)/t15-,17-/m1/s1. The average Bonchev–Trinajstić information content (AvgIpc) is 2.55. The molecule has 1 amide bonds. The highest BCUT2D eigenvalue weighted by Crippen LogP contribution is 2.22. The maximum atomic E-state index is 12.6.